The van der Waals surface area contributed by atoms with E-state index in [1.807, 2.05) is 18.3 Å². The fraction of sp³-hybridized carbons (Fsp3) is 0.455. The summed E-state index contributed by atoms with van der Waals surface area (Å²) in [5, 5.41) is 0. The molecule has 2 aliphatic heterocycles. The molecule has 1 saturated carbocycles. The van der Waals surface area contributed by atoms with Crippen LogP contribution in [0.3, 0.4) is 0 Å². The van der Waals surface area contributed by atoms with Crippen molar-refractivity contribution in [1.82, 2.24) is 19.4 Å². The third-order valence-corrected chi connectivity index (χ3v) is 9.29. The number of hydrogen-bond donors (Lipinski definition) is 0. The Morgan fingerprint density at radius 3 is 2.23 bits per heavy atom. The van der Waals surface area contributed by atoms with Crippen LogP contribution < -0.4 is 14.4 Å². The minimum absolute atomic E-state index is 0.469. The van der Waals surface area contributed by atoms with E-state index in [2.05, 4.69) is 64.6 Å². The predicted molar refractivity (Wildman–Crippen MR) is 160 cm³/mol. The maximum atomic E-state index is 5.57. The lowest BCUT2D eigenvalue weighted by atomic mass is 9.71. The van der Waals surface area contributed by atoms with E-state index in [0.29, 0.717) is 23.2 Å². The molecule has 7 rings (SSSR count). The summed E-state index contributed by atoms with van der Waals surface area (Å²) < 4.78 is 13.4. The fourth-order valence-electron chi connectivity index (χ4n) is 6.62. The molecule has 7 heteroatoms. The Morgan fingerprint density at radius 1 is 0.875 bits per heavy atom. The maximum absolute atomic E-state index is 5.57. The molecule has 7 nitrogen and oxygen atoms in total. The molecule has 0 radical (unpaired) electrons. The van der Waals surface area contributed by atoms with Crippen molar-refractivity contribution in [1.29, 1.82) is 0 Å². The highest BCUT2D eigenvalue weighted by Crippen LogP contribution is 2.44. The second kappa shape index (κ2) is 9.81. The Morgan fingerprint density at radius 2 is 1.57 bits per heavy atom. The van der Waals surface area contributed by atoms with Crippen LogP contribution in [0, 0.1) is 5.41 Å². The summed E-state index contributed by atoms with van der Waals surface area (Å²) >= 11 is 0. The minimum Gasteiger partial charge on any atom is -0.493 e. The molecule has 1 spiro atoms. The number of nitrogens with zero attached hydrogens (tertiary/aromatic N) is 5. The zero-order valence-corrected chi connectivity index (χ0v) is 24.1. The molecule has 0 amide bonds. The molecule has 2 aromatic heterocycles. The number of rotatable bonds is 7. The van der Waals surface area contributed by atoms with Gasteiger partial charge in [0.15, 0.2) is 11.5 Å². The van der Waals surface area contributed by atoms with E-state index in [0.717, 1.165) is 52.5 Å². The van der Waals surface area contributed by atoms with Crippen LogP contribution in [-0.2, 0) is 0 Å². The van der Waals surface area contributed by atoms with Gasteiger partial charge in [-0.2, -0.15) is 0 Å². The second-order valence-electron chi connectivity index (χ2n) is 12.2. The van der Waals surface area contributed by atoms with Crippen molar-refractivity contribution in [3.05, 3.63) is 54.7 Å². The van der Waals surface area contributed by atoms with Crippen molar-refractivity contribution >= 4 is 16.7 Å². The van der Waals surface area contributed by atoms with Gasteiger partial charge in [0, 0.05) is 55.1 Å². The standard InChI is InChI=1S/C33H39N5O2/c1-22(2)37-20-33(21-37)13-15-36(16-14-33)25-8-5-23(6-9-25)27-18-29-28(19-34-27)35-32(38(29)26-10-11-26)24-7-12-30(39-3)31(17-24)40-4/h5-9,12,17-19,22,26H,10-11,13-16,20-21H2,1-4H3. The number of pyridine rings is 1. The van der Waals surface area contributed by atoms with E-state index in [1.54, 1.807) is 14.2 Å². The summed E-state index contributed by atoms with van der Waals surface area (Å²) in [6.45, 7) is 9.47. The molecular formula is C33H39N5O2. The van der Waals surface area contributed by atoms with Gasteiger partial charge in [0.05, 0.1) is 31.6 Å². The van der Waals surface area contributed by atoms with Crippen molar-refractivity contribution < 1.29 is 9.47 Å². The minimum atomic E-state index is 0.469. The van der Waals surface area contributed by atoms with E-state index in [-0.39, 0.29) is 0 Å². The van der Waals surface area contributed by atoms with Crippen molar-refractivity contribution in [2.75, 3.05) is 45.3 Å². The van der Waals surface area contributed by atoms with Crippen LogP contribution in [0.4, 0.5) is 5.69 Å². The average Bonchev–Trinajstić information content (AvgIpc) is 3.74. The number of methoxy groups -OCH3 is 2. The molecular weight excluding hydrogens is 498 g/mol. The largest absolute Gasteiger partial charge is 0.493 e. The third kappa shape index (κ3) is 4.40. The summed E-state index contributed by atoms with van der Waals surface area (Å²) in [4.78, 5) is 15.0. The van der Waals surface area contributed by atoms with Crippen LogP contribution >= 0.6 is 0 Å². The molecule has 2 aromatic carbocycles. The molecule has 4 heterocycles. The average molecular weight is 538 g/mol. The molecule has 1 aliphatic carbocycles. The first-order valence-electron chi connectivity index (χ1n) is 14.7. The van der Waals surface area contributed by atoms with Crippen molar-refractivity contribution in [2.24, 2.45) is 5.41 Å². The summed E-state index contributed by atoms with van der Waals surface area (Å²) in [5.74, 6) is 2.39. The molecule has 0 bridgehead atoms. The Hall–Kier alpha value is -3.58. The summed E-state index contributed by atoms with van der Waals surface area (Å²) in [7, 11) is 3.33. The first-order chi connectivity index (χ1) is 19.5. The number of anilines is 1. The first kappa shape index (κ1) is 25.4. The highest BCUT2D eigenvalue weighted by atomic mass is 16.5. The van der Waals surface area contributed by atoms with Crippen molar-refractivity contribution in [3.63, 3.8) is 0 Å². The van der Waals surface area contributed by atoms with Gasteiger partial charge >= 0.3 is 0 Å². The molecule has 208 valence electrons. The number of ether oxygens (including phenoxy) is 2. The van der Waals surface area contributed by atoms with Gasteiger partial charge < -0.3 is 18.9 Å². The summed E-state index contributed by atoms with van der Waals surface area (Å²) in [5.41, 5.74) is 7.08. The van der Waals surface area contributed by atoms with Gasteiger partial charge in [-0.05, 0) is 81.3 Å². The molecule has 4 aromatic rings. The van der Waals surface area contributed by atoms with E-state index in [1.165, 1.54) is 44.5 Å². The van der Waals surface area contributed by atoms with Crippen LogP contribution in [0.25, 0.3) is 33.7 Å². The number of aromatic nitrogens is 3. The highest BCUT2D eigenvalue weighted by Gasteiger charge is 2.45. The van der Waals surface area contributed by atoms with Crippen LogP contribution in [0.5, 0.6) is 11.5 Å². The second-order valence-corrected chi connectivity index (χ2v) is 12.2. The summed E-state index contributed by atoms with van der Waals surface area (Å²) in [6, 6.07) is 18.4. The highest BCUT2D eigenvalue weighted by molar-refractivity contribution is 5.84. The smallest absolute Gasteiger partial charge is 0.161 e. The normalized spacial score (nSPS) is 18.9. The molecule has 3 aliphatic rings. The number of hydrogen-bond acceptors (Lipinski definition) is 6. The Balaban J connectivity index is 1.13. The molecule has 0 N–H and O–H groups in total. The molecule has 2 saturated heterocycles. The lowest BCUT2D eigenvalue weighted by Gasteiger charge is -2.56. The monoisotopic (exact) mass is 537 g/mol. The lowest BCUT2D eigenvalue weighted by Crippen LogP contribution is -2.62. The fourth-order valence-corrected chi connectivity index (χ4v) is 6.62. The van der Waals surface area contributed by atoms with Gasteiger partial charge in [0.2, 0.25) is 0 Å². The maximum Gasteiger partial charge on any atom is 0.161 e. The van der Waals surface area contributed by atoms with Gasteiger partial charge in [-0.25, -0.2) is 4.98 Å². The number of fused-ring (bicyclic) bond motifs is 1. The number of piperidine rings is 1. The number of imidazole rings is 1. The van der Waals surface area contributed by atoms with E-state index < -0.39 is 0 Å². The van der Waals surface area contributed by atoms with Crippen LogP contribution in [0.15, 0.2) is 54.7 Å². The van der Waals surface area contributed by atoms with E-state index in [9.17, 15) is 0 Å². The molecule has 3 fully saturated rings. The van der Waals surface area contributed by atoms with Crippen LogP contribution in [0.1, 0.15) is 45.6 Å². The van der Waals surface area contributed by atoms with Gasteiger partial charge in [0.25, 0.3) is 0 Å². The van der Waals surface area contributed by atoms with E-state index in [4.69, 9.17) is 19.4 Å². The molecule has 40 heavy (non-hydrogen) atoms. The van der Waals surface area contributed by atoms with Crippen LogP contribution in [-0.4, -0.2) is 65.9 Å². The van der Waals surface area contributed by atoms with E-state index >= 15 is 0 Å². The Kier molecular flexibility index (Phi) is 6.22. The summed E-state index contributed by atoms with van der Waals surface area (Å²) in [6.07, 6.45) is 6.85. The predicted octanol–water partition coefficient (Wildman–Crippen LogP) is 6.43. The molecule has 0 atom stereocenters. The number of benzene rings is 2. The first-order valence-corrected chi connectivity index (χ1v) is 14.7. The molecule has 0 unspecified atom stereocenters. The van der Waals surface area contributed by atoms with Gasteiger partial charge in [-0.3, -0.25) is 9.88 Å². The van der Waals surface area contributed by atoms with Crippen LogP contribution in [0.2, 0.25) is 0 Å². The Labute approximate surface area is 236 Å². The topological polar surface area (TPSA) is 55.7 Å². The SMILES string of the molecule is COc1ccc(-c2nc3cnc(-c4ccc(N5CCC6(CC5)CN(C(C)C)C6)cc4)cc3n2C2CC2)cc1OC. The van der Waals surface area contributed by atoms with Gasteiger partial charge in [0.1, 0.15) is 11.3 Å². The Bertz CT molecular complexity index is 1520. The quantitative estimate of drug-likeness (QED) is 0.271. The van der Waals surface area contributed by atoms with Crippen molar-refractivity contribution in [2.45, 2.75) is 51.6 Å². The third-order valence-electron chi connectivity index (χ3n) is 9.29. The van der Waals surface area contributed by atoms with Crippen molar-refractivity contribution in [3.8, 4) is 34.1 Å². The zero-order chi connectivity index (χ0) is 27.4. The zero-order valence-electron chi connectivity index (χ0n) is 24.1. The van der Waals surface area contributed by atoms with Gasteiger partial charge in [-0.1, -0.05) is 12.1 Å². The number of likely N-dealkylation sites (tertiary alicyclic amines) is 1. The lowest BCUT2D eigenvalue weighted by molar-refractivity contribution is -0.0380. The van der Waals surface area contributed by atoms with Gasteiger partial charge in [-0.15, -0.1) is 0 Å².